The van der Waals surface area contributed by atoms with Gasteiger partial charge in [0.25, 0.3) is 0 Å². The van der Waals surface area contributed by atoms with E-state index in [2.05, 4.69) is 4.98 Å². The quantitative estimate of drug-likeness (QED) is 0.800. The number of nitrogens with zero attached hydrogens (tertiary/aromatic N) is 4. The SMILES string of the molecule is CC(=O)N1CCc2nc([C@H]3CCCCN3C(=O)Cc3cccc(F)c3)ncc2C1. The fourth-order valence-corrected chi connectivity index (χ4v) is 4.18. The van der Waals surface area contributed by atoms with Crippen LogP contribution in [0, 0.1) is 5.82 Å². The topological polar surface area (TPSA) is 66.4 Å². The highest BCUT2D eigenvalue weighted by Crippen LogP contribution is 2.30. The van der Waals surface area contributed by atoms with Gasteiger partial charge in [0, 0.05) is 44.7 Å². The Morgan fingerprint density at radius 3 is 2.90 bits per heavy atom. The van der Waals surface area contributed by atoms with Crippen molar-refractivity contribution in [3.8, 4) is 0 Å². The number of benzene rings is 1. The molecule has 0 bridgehead atoms. The Hall–Kier alpha value is -2.83. The molecule has 0 radical (unpaired) electrons. The van der Waals surface area contributed by atoms with Crippen LogP contribution in [0.5, 0.6) is 0 Å². The number of hydrogen-bond acceptors (Lipinski definition) is 4. The second-order valence-electron chi connectivity index (χ2n) is 7.80. The predicted molar refractivity (Wildman–Crippen MR) is 105 cm³/mol. The van der Waals surface area contributed by atoms with E-state index in [0.29, 0.717) is 37.4 Å². The smallest absolute Gasteiger partial charge is 0.227 e. The van der Waals surface area contributed by atoms with Gasteiger partial charge in [-0.1, -0.05) is 12.1 Å². The van der Waals surface area contributed by atoms with Crippen molar-refractivity contribution in [2.24, 2.45) is 0 Å². The minimum Gasteiger partial charge on any atom is -0.338 e. The summed E-state index contributed by atoms with van der Waals surface area (Å²) in [6.45, 7) is 3.44. The van der Waals surface area contributed by atoms with Crippen LogP contribution in [0.15, 0.2) is 30.5 Å². The first kappa shape index (κ1) is 19.5. The fourth-order valence-electron chi connectivity index (χ4n) is 4.18. The number of carbonyl (C=O) groups excluding carboxylic acids is 2. The number of halogens is 1. The third kappa shape index (κ3) is 4.28. The maximum absolute atomic E-state index is 13.5. The summed E-state index contributed by atoms with van der Waals surface area (Å²) in [5.41, 5.74) is 2.62. The molecule has 2 aliphatic rings. The van der Waals surface area contributed by atoms with E-state index >= 15 is 0 Å². The normalized spacial score (nSPS) is 19.0. The standard InChI is InChI=1S/C22H25FN4O2/c1-15(28)26-10-8-19-17(14-26)13-24-22(25-19)20-7-2-3-9-27(20)21(29)12-16-5-4-6-18(23)11-16/h4-6,11,13,20H,2-3,7-10,12,14H2,1H3/t20-/m1/s1. The number of piperidine rings is 1. The van der Waals surface area contributed by atoms with E-state index < -0.39 is 0 Å². The second-order valence-corrected chi connectivity index (χ2v) is 7.80. The summed E-state index contributed by atoms with van der Waals surface area (Å²) >= 11 is 0. The first-order chi connectivity index (χ1) is 14.0. The third-order valence-electron chi connectivity index (χ3n) is 5.76. The van der Waals surface area contributed by atoms with Gasteiger partial charge in [0.1, 0.15) is 5.82 Å². The number of hydrogen-bond donors (Lipinski definition) is 0. The van der Waals surface area contributed by atoms with Crippen LogP contribution in [0.2, 0.25) is 0 Å². The molecule has 29 heavy (non-hydrogen) atoms. The van der Waals surface area contributed by atoms with E-state index in [1.165, 1.54) is 12.1 Å². The molecule has 1 atom stereocenters. The minimum absolute atomic E-state index is 0.0237. The molecular weight excluding hydrogens is 371 g/mol. The van der Waals surface area contributed by atoms with Crippen LogP contribution in [-0.4, -0.2) is 44.7 Å². The Kier molecular flexibility index (Phi) is 5.56. The number of likely N-dealkylation sites (tertiary alicyclic amines) is 1. The van der Waals surface area contributed by atoms with Crippen molar-refractivity contribution in [2.75, 3.05) is 13.1 Å². The molecule has 3 heterocycles. The molecule has 1 fully saturated rings. The Balaban J connectivity index is 1.53. The van der Waals surface area contributed by atoms with Gasteiger partial charge in [-0.2, -0.15) is 0 Å². The maximum atomic E-state index is 13.5. The predicted octanol–water partition coefficient (Wildman–Crippen LogP) is 2.82. The summed E-state index contributed by atoms with van der Waals surface area (Å²) in [7, 11) is 0. The maximum Gasteiger partial charge on any atom is 0.227 e. The molecule has 152 valence electrons. The average molecular weight is 396 g/mol. The van der Waals surface area contributed by atoms with Crippen LogP contribution in [0.25, 0.3) is 0 Å². The van der Waals surface area contributed by atoms with Crippen molar-refractivity contribution >= 4 is 11.8 Å². The molecule has 6 nitrogen and oxygen atoms in total. The zero-order valence-corrected chi connectivity index (χ0v) is 16.6. The molecule has 2 aromatic rings. The highest BCUT2D eigenvalue weighted by atomic mass is 19.1. The molecule has 1 saturated heterocycles. The van der Waals surface area contributed by atoms with Crippen molar-refractivity contribution in [1.82, 2.24) is 19.8 Å². The zero-order valence-electron chi connectivity index (χ0n) is 16.6. The summed E-state index contributed by atoms with van der Waals surface area (Å²) in [6, 6.07) is 6.04. The monoisotopic (exact) mass is 396 g/mol. The number of fused-ring (bicyclic) bond motifs is 1. The lowest BCUT2D eigenvalue weighted by atomic mass is 9.99. The van der Waals surface area contributed by atoms with Gasteiger partial charge in [0.15, 0.2) is 5.82 Å². The summed E-state index contributed by atoms with van der Waals surface area (Å²) in [5.74, 6) is 0.376. The molecule has 1 aromatic heterocycles. The number of amides is 2. The summed E-state index contributed by atoms with van der Waals surface area (Å²) in [5, 5.41) is 0. The van der Waals surface area contributed by atoms with Crippen LogP contribution >= 0.6 is 0 Å². The van der Waals surface area contributed by atoms with Gasteiger partial charge in [-0.15, -0.1) is 0 Å². The molecule has 0 spiro atoms. The van der Waals surface area contributed by atoms with Crippen LogP contribution in [0.3, 0.4) is 0 Å². The van der Waals surface area contributed by atoms with Crippen molar-refractivity contribution < 1.29 is 14.0 Å². The van der Waals surface area contributed by atoms with Gasteiger partial charge in [-0.05, 0) is 37.0 Å². The van der Waals surface area contributed by atoms with Crippen molar-refractivity contribution in [3.05, 3.63) is 58.9 Å². The Morgan fingerprint density at radius 2 is 2.10 bits per heavy atom. The molecule has 1 aromatic carbocycles. The van der Waals surface area contributed by atoms with Crippen molar-refractivity contribution in [2.45, 2.75) is 51.6 Å². The Bertz CT molecular complexity index is 933. The van der Waals surface area contributed by atoms with Gasteiger partial charge < -0.3 is 9.80 Å². The molecule has 0 unspecified atom stereocenters. The summed E-state index contributed by atoms with van der Waals surface area (Å²) in [6.07, 6.45) is 5.47. The van der Waals surface area contributed by atoms with Crippen molar-refractivity contribution in [1.29, 1.82) is 0 Å². The molecule has 2 amide bonds. The molecule has 4 rings (SSSR count). The minimum atomic E-state index is -0.330. The van der Waals surface area contributed by atoms with Gasteiger partial charge in [-0.25, -0.2) is 14.4 Å². The third-order valence-corrected chi connectivity index (χ3v) is 5.76. The highest BCUT2D eigenvalue weighted by Gasteiger charge is 2.31. The van der Waals surface area contributed by atoms with E-state index in [0.717, 1.165) is 30.5 Å². The van der Waals surface area contributed by atoms with Crippen LogP contribution in [-0.2, 0) is 29.0 Å². The summed E-state index contributed by atoms with van der Waals surface area (Å²) < 4.78 is 13.5. The second kappa shape index (κ2) is 8.27. The van der Waals surface area contributed by atoms with Gasteiger partial charge in [0.05, 0.1) is 18.2 Å². The molecule has 7 heteroatoms. The lowest BCUT2D eigenvalue weighted by Crippen LogP contribution is -2.40. The largest absolute Gasteiger partial charge is 0.338 e. The zero-order chi connectivity index (χ0) is 20.4. The van der Waals surface area contributed by atoms with Crippen molar-refractivity contribution in [3.63, 3.8) is 0 Å². The van der Waals surface area contributed by atoms with Crippen LogP contribution in [0.1, 0.15) is 54.9 Å². The van der Waals surface area contributed by atoms with E-state index in [1.54, 1.807) is 30.2 Å². The van der Waals surface area contributed by atoms with E-state index in [9.17, 15) is 14.0 Å². The lowest BCUT2D eigenvalue weighted by Gasteiger charge is -2.35. The Morgan fingerprint density at radius 1 is 1.24 bits per heavy atom. The van der Waals surface area contributed by atoms with E-state index in [1.807, 2.05) is 4.90 Å². The van der Waals surface area contributed by atoms with Crippen LogP contribution in [0.4, 0.5) is 4.39 Å². The number of rotatable bonds is 3. The molecule has 0 N–H and O–H groups in total. The van der Waals surface area contributed by atoms with Gasteiger partial charge in [-0.3, -0.25) is 9.59 Å². The molecule has 0 aliphatic carbocycles. The number of aromatic nitrogens is 2. The van der Waals surface area contributed by atoms with Gasteiger partial charge >= 0.3 is 0 Å². The highest BCUT2D eigenvalue weighted by molar-refractivity contribution is 5.79. The fraction of sp³-hybridized carbons (Fsp3) is 0.455. The Labute approximate surface area is 169 Å². The summed E-state index contributed by atoms with van der Waals surface area (Å²) in [4.78, 5) is 37.6. The lowest BCUT2D eigenvalue weighted by molar-refractivity contribution is -0.134. The first-order valence-electron chi connectivity index (χ1n) is 10.2. The van der Waals surface area contributed by atoms with E-state index in [4.69, 9.17) is 4.98 Å². The van der Waals surface area contributed by atoms with E-state index in [-0.39, 0.29) is 30.1 Å². The molecular formula is C22H25FN4O2. The molecule has 2 aliphatic heterocycles. The average Bonchev–Trinajstić information content (AvgIpc) is 2.73. The molecule has 0 saturated carbocycles. The van der Waals surface area contributed by atoms with Gasteiger partial charge in [0.2, 0.25) is 11.8 Å². The first-order valence-corrected chi connectivity index (χ1v) is 10.2. The van der Waals surface area contributed by atoms with Crippen LogP contribution < -0.4 is 0 Å². The number of carbonyl (C=O) groups is 2.